The molecule has 0 saturated heterocycles. The summed E-state index contributed by atoms with van der Waals surface area (Å²) in [6, 6.07) is 3.51. The van der Waals surface area contributed by atoms with Crippen LogP contribution in [0.25, 0.3) is 0 Å². The van der Waals surface area contributed by atoms with E-state index < -0.39 is 11.7 Å². The number of hydrogen-bond donors (Lipinski definition) is 1. The van der Waals surface area contributed by atoms with Crippen molar-refractivity contribution in [2.75, 3.05) is 5.32 Å². The lowest BCUT2D eigenvalue weighted by molar-refractivity contribution is 0.0635. The fourth-order valence-electron chi connectivity index (χ4n) is 1.14. The summed E-state index contributed by atoms with van der Waals surface area (Å²) >= 11 is 0. The van der Waals surface area contributed by atoms with E-state index in [2.05, 4.69) is 22.1 Å². The van der Waals surface area contributed by atoms with Crippen molar-refractivity contribution < 1.29 is 9.53 Å². The molecule has 0 radical (unpaired) electrons. The molecule has 0 aromatic carbocycles. The quantitative estimate of drug-likeness (QED) is 0.774. The van der Waals surface area contributed by atoms with Gasteiger partial charge in [-0.1, -0.05) is 18.8 Å². The highest BCUT2D eigenvalue weighted by Gasteiger charge is 2.16. The number of amides is 1. The largest absolute Gasteiger partial charge is 0.444 e. The number of hydrogen-bond acceptors (Lipinski definition) is 3. The smallest absolute Gasteiger partial charge is 0.413 e. The molecular formula is C14H18N2O2. The Bertz CT molecular complexity index is 461. The average Bonchev–Trinajstić information content (AvgIpc) is 2.25. The zero-order chi connectivity index (χ0) is 13.6. The van der Waals surface area contributed by atoms with Crippen molar-refractivity contribution in [3.05, 3.63) is 23.9 Å². The maximum absolute atomic E-state index is 11.5. The van der Waals surface area contributed by atoms with Crippen LogP contribution in [0, 0.1) is 11.8 Å². The first-order valence-electron chi connectivity index (χ1n) is 5.85. The fourth-order valence-corrected chi connectivity index (χ4v) is 1.14. The predicted molar refractivity (Wildman–Crippen MR) is 71.3 cm³/mol. The number of carbonyl (C=O) groups is 1. The highest BCUT2D eigenvalue weighted by molar-refractivity contribution is 5.83. The lowest BCUT2D eigenvalue weighted by atomic mass is 10.2. The summed E-state index contributed by atoms with van der Waals surface area (Å²) in [6.45, 7) is 7.41. The van der Waals surface area contributed by atoms with Crippen LogP contribution < -0.4 is 5.32 Å². The van der Waals surface area contributed by atoms with Crippen molar-refractivity contribution in [3.8, 4) is 11.8 Å². The van der Waals surface area contributed by atoms with Gasteiger partial charge in [0, 0.05) is 18.2 Å². The fraction of sp³-hybridized carbons (Fsp3) is 0.429. The monoisotopic (exact) mass is 246 g/mol. The van der Waals surface area contributed by atoms with Crippen LogP contribution in [0.4, 0.5) is 10.6 Å². The Kier molecular flexibility index (Phi) is 4.73. The SMILES string of the molecule is CCC#Cc1ccc(NC(=O)OC(C)(C)C)nc1. The van der Waals surface area contributed by atoms with E-state index in [1.165, 1.54) is 0 Å². The standard InChI is InChI=1S/C14H18N2O2/c1-5-6-7-11-8-9-12(15-10-11)16-13(17)18-14(2,3)4/h8-10H,5H2,1-4H3,(H,15,16,17). The molecule has 1 aromatic rings. The minimum absolute atomic E-state index is 0.450. The Labute approximate surface area is 108 Å². The topological polar surface area (TPSA) is 51.2 Å². The van der Waals surface area contributed by atoms with Gasteiger partial charge >= 0.3 is 6.09 Å². The van der Waals surface area contributed by atoms with Crippen LogP contribution in [0.3, 0.4) is 0 Å². The molecule has 0 aliphatic rings. The molecule has 1 heterocycles. The maximum atomic E-state index is 11.5. The predicted octanol–water partition coefficient (Wildman–Crippen LogP) is 3.19. The Morgan fingerprint density at radius 2 is 2.17 bits per heavy atom. The van der Waals surface area contributed by atoms with Gasteiger partial charge in [0.05, 0.1) is 0 Å². The van der Waals surface area contributed by atoms with Gasteiger partial charge in [0.2, 0.25) is 0 Å². The van der Waals surface area contributed by atoms with E-state index in [9.17, 15) is 4.79 Å². The molecule has 18 heavy (non-hydrogen) atoms. The van der Waals surface area contributed by atoms with E-state index in [0.29, 0.717) is 5.82 Å². The first-order valence-corrected chi connectivity index (χ1v) is 5.85. The second-order valence-electron chi connectivity index (χ2n) is 4.71. The summed E-state index contributed by atoms with van der Waals surface area (Å²) in [5.74, 6) is 6.36. The van der Waals surface area contributed by atoms with Gasteiger partial charge in [0.1, 0.15) is 11.4 Å². The van der Waals surface area contributed by atoms with E-state index in [1.54, 1.807) is 12.3 Å². The van der Waals surface area contributed by atoms with Crippen LogP contribution in [0.5, 0.6) is 0 Å². The first kappa shape index (κ1) is 14.0. The van der Waals surface area contributed by atoms with E-state index in [0.717, 1.165) is 12.0 Å². The van der Waals surface area contributed by atoms with E-state index in [4.69, 9.17) is 4.74 Å². The second kappa shape index (κ2) is 6.06. The molecule has 1 aromatic heterocycles. The van der Waals surface area contributed by atoms with Gasteiger partial charge in [-0.2, -0.15) is 0 Å². The third kappa shape index (κ3) is 5.35. The Hall–Kier alpha value is -2.02. The molecular weight excluding hydrogens is 228 g/mol. The van der Waals surface area contributed by atoms with Crippen molar-refractivity contribution in [2.24, 2.45) is 0 Å². The van der Waals surface area contributed by atoms with Gasteiger partial charge in [0.15, 0.2) is 0 Å². The molecule has 0 bridgehead atoms. The molecule has 0 aliphatic heterocycles. The molecule has 1 rings (SSSR count). The molecule has 0 aliphatic carbocycles. The summed E-state index contributed by atoms with van der Waals surface area (Å²) in [4.78, 5) is 15.6. The first-order chi connectivity index (χ1) is 8.40. The van der Waals surface area contributed by atoms with Gasteiger partial charge in [-0.3, -0.25) is 5.32 Å². The minimum Gasteiger partial charge on any atom is -0.444 e. The number of anilines is 1. The molecule has 4 nitrogen and oxygen atoms in total. The zero-order valence-electron chi connectivity index (χ0n) is 11.2. The van der Waals surface area contributed by atoms with Crippen LogP contribution in [0.15, 0.2) is 18.3 Å². The molecule has 0 atom stereocenters. The number of nitrogens with one attached hydrogen (secondary N) is 1. The van der Waals surface area contributed by atoms with Gasteiger partial charge in [0.25, 0.3) is 0 Å². The third-order valence-electron chi connectivity index (χ3n) is 1.80. The number of nitrogens with zero attached hydrogens (tertiary/aromatic N) is 1. The second-order valence-corrected chi connectivity index (χ2v) is 4.71. The Balaban J connectivity index is 2.61. The van der Waals surface area contributed by atoms with E-state index >= 15 is 0 Å². The maximum Gasteiger partial charge on any atom is 0.413 e. The number of aromatic nitrogens is 1. The van der Waals surface area contributed by atoms with Crippen LogP contribution in [-0.2, 0) is 4.74 Å². The lowest BCUT2D eigenvalue weighted by Crippen LogP contribution is -2.27. The summed E-state index contributed by atoms with van der Waals surface area (Å²) in [5.41, 5.74) is 0.308. The van der Waals surface area contributed by atoms with Crippen LogP contribution in [0.2, 0.25) is 0 Å². The van der Waals surface area contributed by atoms with Gasteiger partial charge in [-0.25, -0.2) is 9.78 Å². The highest BCUT2D eigenvalue weighted by Crippen LogP contribution is 2.10. The van der Waals surface area contributed by atoms with Gasteiger partial charge in [-0.15, -0.1) is 0 Å². The number of pyridine rings is 1. The zero-order valence-corrected chi connectivity index (χ0v) is 11.2. The molecule has 1 amide bonds. The number of ether oxygens (including phenoxy) is 1. The number of rotatable bonds is 1. The summed E-state index contributed by atoms with van der Waals surface area (Å²) < 4.78 is 5.12. The molecule has 1 N–H and O–H groups in total. The van der Waals surface area contributed by atoms with E-state index in [1.807, 2.05) is 33.8 Å². The minimum atomic E-state index is -0.517. The normalized spacial score (nSPS) is 10.2. The number of carbonyl (C=O) groups excluding carboxylic acids is 1. The summed E-state index contributed by atoms with van der Waals surface area (Å²) in [6.07, 6.45) is 1.91. The molecule has 0 saturated carbocycles. The lowest BCUT2D eigenvalue weighted by Gasteiger charge is -2.19. The van der Waals surface area contributed by atoms with Crippen molar-refractivity contribution in [2.45, 2.75) is 39.7 Å². The van der Waals surface area contributed by atoms with Crippen molar-refractivity contribution in [3.63, 3.8) is 0 Å². The van der Waals surface area contributed by atoms with E-state index in [-0.39, 0.29) is 0 Å². The molecule has 0 fully saturated rings. The van der Waals surface area contributed by atoms with Gasteiger partial charge < -0.3 is 4.74 Å². The van der Waals surface area contributed by atoms with Crippen LogP contribution in [0.1, 0.15) is 39.7 Å². The third-order valence-corrected chi connectivity index (χ3v) is 1.80. The van der Waals surface area contributed by atoms with Crippen molar-refractivity contribution in [1.29, 1.82) is 0 Å². The summed E-state index contributed by atoms with van der Waals surface area (Å²) in [5, 5.41) is 2.56. The Morgan fingerprint density at radius 3 is 2.67 bits per heavy atom. The Morgan fingerprint density at radius 1 is 1.44 bits per heavy atom. The highest BCUT2D eigenvalue weighted by atomic mass is 16.6. The van der Waals surface area contributed by atoms with Gasteiger partial charge in [-0.05, 0) is 32.9 Å². The molecule has 0 spiro atoms. The van der Waals surface area contributed by atoms with Crippen molar-refractivity contribution in [1.82, 2.24) is 4.98 Å². The van der Waals surface area contributed by atoms with Crippen LogP contribution in [-0.4, -0.2) is 16.7 Å². The molecule has 0 unspecified atom stereocenters. The molecule has 96 valence electrons. The molecule has 4 heteroatoms. The average molecular weight is 246 g/mol. The summed E-state index contributed by atoms with van der Waals surface area (Å²) in [7, 11) is 0. The van der Waals surface area contributed by atoms with Crippen LogP contribution >= 0.6 is 0 Å². The van der Waals surface area contributed by atoms with Crippen molar-refractivity contribution >= 4 is 11.9 Å².